The molecule has 0 aliphatic carbocycles. The van der Waals surface area contributed by atoms with Crippen molar-refractivity contribution < 1.29 is 14.1 Å². The van der Waals surface area contributed by atoms with E-state index in [1.165, 1.54) is 0 Å². The lowest BCUT2D eigenvalue weighted by Gasteiger charge is -2.11. The molecule has 0 spiro atoms. The van der Waals surface area contributed by atoms with Gasteiger partial charge in [-0.1, -0.05) is 67.0 Å². The predicted molar refractivity (Wildman–Crippen MR) is 129 cm³/mol. The van der Waals surface area contributed by atoms with E-state index in [4.69, 9.17) is 9.51 Å². The number of amides is 2. The lowest BCUT2D eigenvalue weighted by molar-refractivity contribution is -0.121. The van der Waals surface area contributed by atoms with Gasteiger partial charge in [-0.25, -0.2) is 4.98 Å². The third-order valence-corrected chi connectivity index (χ3v) is 5.42. The first-order chi connectivity index (χ1) is 16.4. The van der Waals surface area contributed by atoms with Crippen molar-refractivity contribution in [3.8, 4) is 11.3 Å². The summed E-state index contributed by atoms with van der Waals surface area (Å²) in [6, 6.07) is 17.1. The summed E-state index contributed by atoms with van der Waals surface area (Å²) in [5.41, 5.74) is 8.92. The largest absolute Gasteiger partial charge is 0.339 e. The second-order valence-corrected chi connectivity index (χ2v) is 8.50. The third-order valence-electron chi connectivity index (χ3n) is 5.42. The Bertz CT molecular complexity index is 1310. The van der Waals surface area contributed by atoms with Crippen molar-refractivity contribution in [1.82, 2.24) is 26.0 Å². The molecule has 8 heteroatoms. The molecule has 174 valence electrons. The van der Waals surface area contributed by atoms with E-state index in [0.717, 1.165) is 11.1 Å². The summed E-state index contributed by atoms with van der Waals surface area (Å²) in [6.45, 7) is 5.99. The van der Waals surface area contributed by atoms with Crippen molar-refractivity contribution in [3.05, 3.63) is 77.4 Å². The monoisotopic (exact) mass is 457 g/mol. The van der Waals surface area contributed by atoms with E-state index in [2.05, 4.69) is 21.0 Å². The van der Waals surface area contributed by atoms with E-state index >= 15 is 0 Å². The van der Waals surface area contributed by atoms with Gasteiger partial charge in [-0.3, -0.25) is 20.4 Å². The van der Waals surface area contributed by atoms with Crippen LogP contribution in [-0.2, 0) is 11.2 Å². The molecule has 4 rings (SSSR count). The molecule has 0 atom stereocenters. The molecule has 8 nitrogen and oxygen atoms in total. The minimum atomic E-state index is -0.404. The molecule has 0 bridgehead atoms. The first-order valence-corrected chi connectivity index (χ1v) is 11.3. The maximum absolute atomic E-state index is 13.0. The number of para-hydroxylation sites is 1. The molecule has 0 unspecified atom stereocenters. The predicted octanol–water partition coefficient (Wildman–Crippen LogP) is 4.50. The van der Waals surface area contributed by atoms with Crippen LogP contribution in [0.15, 0.2) is 59.1 Å². The van der Waals surface area contributed by atoms with Gasteiger partial charge in [0.25, 0.3) is 5.91 Å². The number of nitrogens with one attached hydrogen (secondary N) is 2. The van der Waals surface area contributed by atoms with Crippen molar-refractivity contribution in [2.45, 2.75) is 46.0 Å². The number of fused-ring (bicyclic) bond motifs is 1. The number of aromatic nitrogens is 3. The second kappa shape index (κ2) is 10.2. The molecule has 0 saturated carbocycles. The number of hydrazine groups is 1. The Morgan fingerprint density at radius 1 is 1.00 bits per heavy atom. The number of rotatable bonds is 7. The van der Waals surface area contributed by atoms with Gasteiger partial charge in [0.05, 0.1) is 16.8 Å². The average Bonchev–Trinajstić information content (AvgIpc) is 3.32. The highest BCUT2D eigenvalue weighted by molar-refractivity contribution is 6.07. The highest BCUT2D eigenvalue weighted by Crippen LogP contribution is 2.25. The number of pyridine rings is 1. The van der Waals surface area contributed by atoms with Crippen LogP contribution in [0.3, 0.4) is 0 Å². The number of nitrogens with zero attached hydrogens (tertiary/aromatic N) is 3. The summed E-state index contributed by atoms with van der Waals surface area (Å²) in [7, 11) is 0. The smallest absolute Gasteiger partial charge is 0.270 e. The lowest BCUT2D eigenvalue weighted by atomic mass is 10.0. The number of benzene rings is 2. The second-order valence-electron chi connectivity index (χ2n) is 8.50. The van der Waals surface area contributed by atoms with Gasteiger partial charge in [0.15, 0.2) is 5.82 Å². The topological polar surface area (TPSA) is 110 Å². The molecule has 2 amide bonds. The van der Waals surface area contributed by atoms with Crippen LogP contribution < -0.4 is 10.9 Å². The van der Waals surface area contributed by atoms with Crippen molar-refractivity contribution >= 4 is 22.7 Å². The van der Waals surface area contributed by atoms with Crippen LogP contribution in [0.25, 0.3) is 22.2 Å². The van der Waals surface area contributed by atoms with Crippen molar-refractivity contribution in [2.24, 2.45) is 0 Å². The molecule has 0 aliphatic heterocycles. The highest BCUT2D eigenvalue weighted by atomic mass is 16.5. The molecule has 2 heterocycles. The fourth-order valence-corrected chi connectivity index (χ4v) is 3.50. The zero-order valence-corrected chi connectivity index (χ0v) is 19.5. The van der Waals surface area contributed by atoms with Gasteiger partial charge in [0.2, 0.25) is 11.8 Å². The molecule has 0 fully saturated rings. The Balaban J connectivity index is 1.40. The van der Waals surface area contributed by atoms with Gasteiger partial charge in [-0.2, -0.15) is 4.98 Å². The molecule has 34 heavy (non-hydrogen) atoms. The van der Waals surface area contributed by atoms with Crippen LogP contribution in [0.2, 0.25) is 0 Å². The van der Waals surface area contributed by atoms with E-state index in [1.807, 2.05) is 69.3 Å². The first kappa shape index (κ1) is 23.1. The summed E-state index contributed by atoms with van der Waals surface area (Å²) < 4.78 is 5.19. The minimum Gasteiger partial charge on any atom is -0.339 e. The quantitative estimate of drug-likeness (QED) is 0.396. The van der Waals surface area contributed by atoms with E-state index in [-0.39, 0.29) is 18.2 Å². The van der Waals surface area contributed by atoms with Gasteiger partial charge in [-0.15, -0.1) is 0 Å². The molecule has 4 aromatic rings. The molecular formula is C26H27N5O3. The van der Waals surface area contributed by atoms with Gasteiger partial charge < -0.3 is 4.52 Å². The molecule has 0 aliphatic rings. The summed E-state index contributed by atoms with van der Waals surface area (Å²) in [4.78, 5) is 34.2. The summed E-state index contributed by atoms with van der Waals surface area (Å²) >= 11 is 0. The van der Waals surface area contributed by atoms with Crippen molar-refractivity contribution in [1.29, 1.82) is 0 Å². The fourth-order valence-electron chi connectivity index (χ4n) is 3.50. The Kier molecular flexibility index (Phi) is 6.96. The third kappa shape index (κ3) is 5.46. The van der Waals surface area contributed by atoms with E-state index in [9.17, 15) is 9.59 Å². The number of hydrogen-bond acceptors (Lipinski definition) is 6. The Hall–Kier alpha value is -4.07. The average molecular weight is 458 g/mol. The Labute approximate surface area is 197 Å². The summed E-state index contributed by atoms with van der Waals surface area (Å²) in [6.07, 6.45) is 1.23. The van der Waals surface area contributed by atoms with Crippen LogP contribution in [0.1, 0.15) is 60.2 Å². The maximum Gasteiger partial charge on any atom is 0.270 e. The van der Waals surface area contributed by atoms with Gasteiger partial charge in [0.1, 0.15) is 0 Å². The van der Waals surface area contributed by atoms with Gasteiger partial charge in [0, 0.05) is 29.7 Å². The normalized spacial score (nSPS) is 11.1. The van der Waals surface area contributed by atoms with Crippen molar-refractivity contribution in [2.75, 3.05) is 0 Å². The van der Waals surface area contributed by atoms with Crippen molar-refractivity contribution in [3.63, 3.8) is 0 Å². The van der Waals surface area contributed by atoms with Crippen LogP contribution in [0.5, 0.6) is 0 Å². The Morgan fingerprint density at radius 3 is 2.50 bits per heavy atom. The molecule has 2 N–H and O–H groups in total. The first-order valence-electron chi connectivity index (χ1n) is 11.3. The summed E-state index contributed by atoms with van der Waals surface area (Å²) in [5.74, 6) is 0.647. The fraction of sp³-hybridized carbons (Fsp3) is 0.269. The zero-order valence-electron chi connectivity index (χ0n) is 19.5. The number of carbonyl (C=O) groups excluding carboxylic acids is 2. The zero-order chi connectivity index (χ0) is 24.1. The standard InChI is InChI=1S/C26H27N5O3/c1-16(2)25-28-24(34-31-25)10-6-9-23(32)29-30-26(33)20-15-22(18-13-11-17(3)12-14-18)27-21-8-5-4-7-19(20)21/h4-5,7-8,11-16H,6,9-10H2,1-3H3,(H,29,32)(H,30,33). The van der Waals surface area contributed by atoms with Crippen LogP contribution in [-0.4, -0.2) is 26.9 Å². The Morgan fingerprint density at radius 2 is 1.76 bits per heavy atom. The number of carbonyl (C=O) groups is 2. The van der Waals surface area contributed by atoms with E-state index in [1.54, 1.807) is 6.07 Å². The maximum atomic E-state index is 13.0. The number of hydrogen-bond donors (Lipinski definition) is 2. The van der Waals surface area contributed by atoms with Gasteiger partial charge in [-0.05, 0) is 25.5 Å². The van der Waals surface area contributed by atoms with Crippen LogP contribution >= 0.6 is 0 Å². The highest BCUT2D eigenvalue weighted by Gasteiger charge is 2.15. The van der Waals surface area contributed by atoms with Gasteiger partial charge >= 0.3 is 0 Å². The molecule has 0 radical (unpaired) electrons. The van der Waals surface area contributed by atoms with Crippen LogP contribution in [0.4, 0.5) is 0 Å². The van der Waals surface area contributed by atoms with Crippen LogP contribution in [0, 0.1) is 6.92 Å². The molecule has 2 aromatic carbocycles. The SMILES string of the molecule is Cc1ccc(-c2cc(C(=O)NNC(=O)CCCc3nc(C(C)C)no3)c3ccccc3n2)cc1. The lowest BCUT2D eigenvalue weighted by Crippen LogP contribution is -2.41. The van der Waals surface area contributed by atoms with E-state index in [0.29, 0.717) is 46.7 Å². The minimum absolute atomic E-state index is 0.187. The molecule has 2 aromatic heterocycles. The summed E-state index contributed by atoms with van der Waals surface area (Å²) in [5, 5.41) is 4.63. The van der Waals surface area contributed by atoms with E-state index < -0.39 is 5.91 Å². The molecule has 0 saturated heterocycles. The number of aryl methyl sites for hydroxylation is 2. The molecular weight excluding hydrogens is 430 g/mol.